The number of fused-ring (bicyclic) bond motifs is 2. The van der Waals surface area contributed by atoms with Crippen molar-refractivity contribution in [1.82, 2.24) is 14.7 Å². The Morgan fingerprint density at radius 1 is 1.15 bits per heavy atom. The van der Waals surface area contributed by atoms with Gasteiger partial charge in [0.05, 0.1) is 11.3 Å². The first-order valence-corrected chi connectivity index (χ1v) is 9.84. The molecular weight excluding hydrogens is 339 g/mol. The maximum atomic E-state index is 13.5. The Labute approximate surface area is 153 Å². The van der Waals surface area contributed by atoms with Crippen LogP contribution in [0.1, 0.15) is 46.0 Å². The van der Waals surface area contributed by atoms with Crippen LogP contribution >= 0.6 is 0 Å². The summed E-state index contributed by atoms with van der Waals surface area (Å²) in [7, 11) is 0. The molecule has 1 saturated heterocycles. The maximum absolute atomic E-state index is 13.5. The molecule has 0 aromatic rings. The summed E-state index contributed by atoms with van der Waals surface area (Å²) in [6.45, 7) is 7.20. The van der Waals surface area contributed by atoms with Crippen molar-refractivity contribution < 1.29 is 13.2 Å². The summed E-state index contributed by atoms with van der Waals surface area (Å²) in [6, 6.07) is 0.850. The summed E-state index contributed by atoms with van der Waals surface area (Å²) in [4.78, 5) is 7.19. The van der Waals surface area contributed by atoms with E-state index in [0.29, 0.717) is 18.5 Å². The van der Waals surface area contributed by atoms with Gasteiger partial charge in [0.1, 0.15) is 6.17 Å². The highest BCUT2D eigenvalue weighted by atomic mass is 19.4. The molecule has 26 heavy (non-hydrogen) atoms. The number of rotatable bonds is 2. The Morgan fingerprint density at radius 3 is 2.54 bits per heavy atom. The first kappa shape index (κ1) is 18.0. The van der Waals surface area contributed by atoms with Gasteiger partial charge < -0.3 is 9.80 Å². The molecule has 1 saturated carbocycles. The van der Waals surface area contributed by atoms with E-state index in [1.807, 2.05) is 0 Å². The van der Waals surface area contributed by atoms with Crippen LogP contribution in [-0.4, -0.2) is 58.8 Å². The van der Waals surface area contributed by atoms with Crippen molar-refractivity contribution in [3.05, 3.63) is 35.2 Å². The van der Waals surface area contributed by atoms with E-state index in [1.54, 1.807) is 6.08 Å². The highest BCUT2D eigenvalue weighted by Gasteiger charge is 2.46. The van der Waals surface area contributed by atoms with Crippen LogP contribution in [0.15, 0.2) is 35.2 Å². The highest BCUT2D eigenvalue weighted by molar-refractivity contribution is 5.40. The minimum Gasteiger partial charge on any atom is -0.350 e. The number of hydrogen-bond donors (Lipinski definition) is 0. The summed E-state index contributed by atoms with van der Waals surface area (Å²) < 4.78 is 40.5. The van der Waals surface area contributed by atoms with Gasteiger partial charge in [-0.2, -0.15) is 13.2 Å². The van der Waals surface area contributed by atoms with Gasteiger partial charge in [-0.25, -0.2) is 0 Å². The standard InChI is InChI=1S/C20H28F3N3/c1-14(2)24-10-11-25-17-9-4-3-6-15(20(21,22)23)12-18(17)26(19(25)13-24)16-7-5-8-16/h3,6,12,14,16,19H,4-5,7-11,13H2,1-2H3/b6-3-,15-12+. The molecule has 0 aromatic heterocycles. The lowest BCUT2D eigenvalue weighted by Gasteiger charge is -2.48. The summed E-state index contributed by atoms with van der Waals surface area (Å²) in [6.07, 6.45) is 5.10. The molecule has 144 valence electrons. The average Bonchev–Trinajstić information content (AvgIpc) is 2.76. The molecular formula is C20H28F3N3. The molecule has 1 atom stereocenters. The van der Waals surface area contributed by atoms with Crippen LogP contribution in [-0.2, 0) is 0 Å². The van der Waals surface area contributed by atoms with Crippen LogP contribution < -0.4 is 0 Å². The summed E-state index contributed by atoms with van der Waals surface area (Å²) in [5.41, 5.74) is 1.44. The van der Waals surface area contributed by atoms with E-state index < -0.39 is 11.7 Å². The second-order valence-electron chi connectivity index (χ2n) is 8.13. The van der Waals surface area contributed by atoms with Crippen molar-refractivity contribution in [2.75, 3.05) is 19.6 Å². The van der Waals surface area contributed by atoms with E-state index in [9.17, 15) is 13.2 Å². The fourth-order valence-corrected chi connectivity index (χ4v) is 4.60. The fraction of sp³-hybridized carbons (Fsp3) is 0.700. The maximum Gasteiger partial charge on any atom is 0.416 e. The zero-order valence-corrected chi connectivity index (χ0v) is 15.6. The first-order valence-electron chi connectivity index (χ1n) is 9.84. The number of halogens is 3. The molecule has 4 rings (SSSR count). The molecule has 0 amide bonds. The van der Waals surface area contributed by atoms with Gasteiger partial charge in [0.2, 0.25) is 0 Å². The second-order valence-corrected chi connectivity index (χ2v) is 8.13. The Bertz CT molecular complexity index is 643. The molecule has 0 aromatic carbocycles. The first-order chi connectivity index (χ1) is 12.4. The van der Waals surface area contributed by atoms with Gasteiger partial charge in [0.15, 0.2) is 0 Å². The fourth-order valence-electron chi connectivity index (χ4n) is 4.60. The van der Waals surface area contributed by atoms with E-state index in [-0.39, 0.29) is 6.17 Å². The van der Waals surface area contributed by atoms with Crippen LogP contribution in [0, 0.1) is 0 Å². The van der Waals surface area contributed by atoms with Crippen LogP contribution in [0.2, 0.25) is 0 Å². The van der Waals surface area contributed by atoms with Crippen molar-refractivity contribution >= 4 is 0 Å². The third kappa shape index (κ3) is 3.06. The van der Waals surface area contributed by atoms with Gasteiger partial charge in [-0.05, 0) is 52.0 Å². The van der Waals surface area contributed by atoms with Crippen molar-refractivity contribution in [3.63, 3.8) is 0 Å². The average molecular weight is 367 g/mol. The zero-order valence-electron chi connectivity index (χ0n) is 15.6. The molecule has 0 N–H and O–H groups in total. The summed E-state index contributed by atoms with van der Waals surface area (Å²) >= 11 is 0. The predicted molar refractivity (Wildman–Crippen MR) is 96.2 cm³/mol. The van der Waals surface area contributed by atoms with Gasteiger partial charge in [-0.15, -0.1) is 0 Å². The van der Waals surface area contributed by atoms with Crippen molar-refractivity contribution in [1.29, 1.82) is 0 Å². The summed E-state index contributed by atoms with van der Waals surface area (Å²) in [5, 5.41) is 0. The smallest absolute Gasteiger partial charge is 0.350 e. The third-order valence-electron chi connectivity index (χ3n) is 6.29. The van der Waals surface area contributed by atoms with Gasteiger partial charge in [0.25, 0.3) is 0 Å². The van der Waals surface area contributed by atoms with Crippen molar-refractivity contribution in [2.24, 2.45) is 0 Å². The molecule has 4 aliphatic rings. The quantitative estimate of drug-likeness (QED) is 0.722. The minimum atomic E-state index is -4.30. The Balaban J connectivity index is 1.73. The van der Waals surface area contributed by atoms with E-state index in [2.05, 4.69) is 28.5 Å². The van der Waals surface area contributed by atoms with E-state index in [0.717, 1.165) is 50.3 Å². The van der Waals surface area contributed by atoms with Crippen molar-refractivity contribution in [3.8, 4) is 0 Å². The minimum absolute atomic E-state index is 0.185. The zero-order chi connectivity index (χ0) is 18.5. The van der Waals surface area contributed by atoms with Crippen LogP contribution in [0.5, 0.6) is 0 Å². The molecule has 0 radical (unpaired) electrons. The van der Waals surface area contributed by atoms with Crippen LogP contribution in [0.3, 0.4) is 0 Å². The van der Waals surface area contributed by atoms with Crippen LogP contribution in [0.25, 0.3) is 0 Å². The lowest BCUT2D eigenvalue weighted by molar-refractivity contribution is -0.0884. The Hall–Kier alpha value is -1.43. The Morgan fingerprint density at radius 2 is 1.92 bits per heavy atom. The molecule has 2 fully saturated rings. The number of allylic oxidation sites excluding steroid dienone is 5. The van der Waals surface area contributed by atoms with Crippen molar-refractivity contribution in [2.45, 2.75) is 70.4 Å². The van der Waals surface area contributed by atoms with E-state index in [1.165, 1.54) is 18.6 Å². The van der Waals surface area contributed by atoms with E-state index >= 15 is 0 Å². The van der Waals surface area contributed by atoms with Gasteiger partial charge in [-0.3, -0.25) is 4.90 Å². The molecule has 6 heteroatoms. The molecule has 2 heterocycles. The lowest BCUT2D eigenvalue weighted by atomic mass is 9.90. The largest absolute Gasteiger partial charge is 0.416 e. The van der Waals surface area contributed by atoms with Gasteiger partial charge in [0, 0.05) is 37.4 Å². The SMILES string of the molecule is CC(C)N1CCN2C3=C(/C=C(C(F)(F)F)\C=C/CC3)N(C3CCC3)C2C1. The number of alkyl halides is 3. The molecule has 2 aliphatic heterocycles. The predicted octanol–water partition coefficient (Wildman–Crippen LogP) is 4.26. The highest BCUT2D eigenvalue weighted by Crippen LogP contribution is 2.43. The number of nitrogens with zero attached hydrogens (tertiary/aromatic N) is 3. The molecule has 2 aliphatic carbocycles. The Kier molecular flexibility index (Phi) is 4.58. The monoisotopic (exact) mass is 367 g/mol. The third-order valence-corrected chi connectivity index (χ3v) is 6.29. The second kappa shape index (κ2) is 6.63. The van der Waals surface area contributed by atoms with Gasteiger partial charge in [-0.1, -0.05) is 12.2 Å². The van der Waals surface area contributed by atoms with E-state index in [4.69, 9.17) is 0 Å². The topological polar surface area (TPSA) is 9.72 Å². The molecule has 0 spiro atoms. The normalized spacial score (nSPS) is 31.2. The number of piperazine rings is 1. The van der Waals surface area contributed by atoms with Gasteiger partial charge >= 0.3 is 6.18 Å². The molecule has 0 bridgehead atoms. The summed E-state index contributed by atoms with van der Waals surface area (Å²) in [5.74, 6) is 0. The number of hydrogen-bond acceptors (Lipinski definition) is 3. The molecule has 1 unspecified atom stereocenters. The van der Waals surface area contributed by atoms with Crippen LogP contribution in [0.4, 0.5) is 13.2 Å². The molecule has 3 nitrogen and oxygen atoms in total. The lowest BCUT2D eigenvalue weighted by Crippen LogP contribution is -2.59.